The minimum atomic E-state index is -0.131. The maximum atomic E-state index is 12.2. The molecule has 0 aliphatic heterocycles. The van der Waals surface area contributed by atoms with E-state index in [0.29, 0.717) is 0 Å². The van der Waals surface area contributed by atoms with Crippen LogP contribution in [0.4, 0.5) is 10.5 Å². The smallest absolute Gasteiger partial charge is 0.316 e. The third-order valence-electron chi connectivity index (χ3n) is 4.35. The minimum Gasteiger partial charge on any atom is -0.316 e. The molecule has 1 aromatic carbocycles. The van der Waals surface area contributed by atoms with E-state index in [1.807, 2.05) is 18.5 Å². The second-order valence-corrected chi connectivity index (χ2v) is 6.55. The Balaban J connectivity index is 1.69. The Morgan fingerprint density at radius 3 is 2.50 bits per heavy atom. The lowest BCUT2D eigenvalue weighted by Crippen LogP contribution is -2.24. The van der Waals surface area contributed by atoms with Crippen molar-refractivity contribution in [3.05, 3.63) is 39.8 Å². The fourth-order valence-corrected chi connectivity index (χ4v) is 3.83. The number of nitrogens with one attached hydrogen (secondary N) is 3. The first-order valence-corrected chi connectivity index (χ1v) is 8.86. The Kier molecular flexibility index (Phi) is 5.05. The second kappa shape index (κ2) is 7.20. The number of benzene rings is 1. The van der Waals surface area contributed by atoms with Crippen molar-refractivity contribution in [2.75, 3.05) is 18.9 Å². The van der Waals surface area contributed by atoms with Crippen LogP contribution >= 0.6 is 11.9 Å². The van der Waals surface area contributed by atoms with Gasteiger partial charge >= 0.3 is 6.03 Å². The van der Waals surface area contributed by atoms with Crippen molar-refractivity contribution in [2.45, 2.75) is 38.5 Å². The van der Waals surface area contributed by atoms with Crippen molar-refractivity contribution in [2.24, 2.45) is 0 Å². The summed E-state index contributed by atoms with van der Waals surface area (Å²) in [6.45, 7) is 0.802. The summed E-state index contributed by atoms with van der Waals surface area (Å²) in [7, 11) is 1.89. The molecule has 0 spiro atoms. The Morgan fingerprint density at radius 1 is 1.18 bits per heavy atom. The van der Waals surface area contributed by atoms with Crippen LogP contribution in [0.3, 0.4) is 0 Å². The van der Waals surface area contributed by atoms with Gasteiger partial charge in [-0.05, 0) is 85.2 Å². The molecule has 2 amide bonds. The molecule has 1 aromatic rings. The number of carbonyl (C=O) groups is 1. The Hall–Kier alpha value is -1.46. The van der Waals surface area contributed by atoms with Gasteiger partial charge in [-0.25, -0.2) is 4.79 Å². The topological polar surface area (TPSA) is 53.2 Å². The monoisotopic (exact) mass is 317 g/mol. The first-order valence-electron chi connectivity index (χ1n) is 7.98. The summed E-state index contributed by atoms with van der Waals surface area (Å²) < 4.78 is 2.82. The van der Waals surface area contributed by atoms with E-state index in [1.54, 1.807) is 0 Å². The summed E-state index contributed by atoms with van der Waals surface area (Å²) in [5.41, 5.74) is 6.72. The summed E-state index contributed by atoms with van der Waals surface area (Å²) in [4.78, 5) is 12.2. The third-order valence-corrected chi connectivity index (χ3v) is 4.98. The molecule has 0 atom stereocenters. The summed E-state index contributed by atoms with van der Waals surface area (Å²) in [5.74, 6) is 0. The van der Waals surface area contributed by atoms with E-state index in [4.69, 9.17) is 0 Å². The van der Waals surface area contributed by atoms with Gasteiger partial charge in [0.2, 0.25) is 0 Å². The zero-order valence-corrected chi connectivity index (χ0v) is 13.8. The highest BCUT2D eigenvalue weighted by Crippen LogP contribution is 2.38. The van der Waals surface area contributed by atoms with Crippen molar-refractivity contribution in [1.82, 2.24) is 10.0 Å². The highest BCUT2D eigenvalue weighted by Gasteiger charge is 2.24. The largest absolute Gasteiger partial charge is 0.329 e. The number of carbonyl (C=O) groups excluding carboxylic acids is 1. The van der Waals surface area contributed by atoms with Gasteiger partial charge in [-0.3, -0.25) is 4.72 Å². The Bertz CT molecular complexity index is 566. The Morgan fingerprint density at radius 2 is 1.86 bits per heavy atom. The number of hydrogen-bond acceptors (Lipinski definition) is 3. The van der Waals surface area contributed by atoms with Crippen LogP contribution in [-0.2, 0) is 25.7 Å². The van der Waals surface area contributed by atoms with Gasteiger partial charge in [-0.2, -0.15) is 0 Å². The molecule has 0 heterocycles. The summed E-state index contributed by atoms with van der Waals surface area (Å²) >= 11 is 1.30. The number of hydrogen-bond donors (Lipinski definition) is 3. The average molecular weight is 317 g/mol. The zero-order valence-electron chi connectivity index (χ0n) is 13.0. The van der Waals surface area contributed by atoms with Crippen LogP contribution < -0.4 is 15.4 Å². The van der Waals surface area contributed by atoms with Crippen LogP contribution in [0.25, 0.3) is 0 Å². The van der Waals surface area contributed by atoms with E-state index in [2.05, 4.69) is 21.4 Å². The highest BCUT2D eigenvalue weighted by atomic mass is 32.2. The minimum absolute atomic E-state index is 0.131. The number of amides is 2. The molecule has 0 aromatic heterocycles. The molecule has 0 bridgehead atoms. The number of anilines is 1. The predicted molar refractivity (Wildman–Crippen MR) is 93.3 cm³/mol. The normalized spacial score (nSPS) is 15.9. The van der Waals surface area contributed by atoms with E-state index in [-0.39, 0.29) is 6.03 Å². The molecule has 0 saturated heterocycles. The zero-order chi connectivity index (χ0) is 15.4. The average Bonchev–Trinajstić information content (AvgIpc) is 3.15. The SMILES string of the molecule is CNC/C=C/SNC(=O)Nc1c2c(cc3c1CCC3)CCC2. The van der Waals surface area contributed by atoms with Gasteiger partial charge in [0.05, 0.1) is 0 Å². The molecule has 3 N–H and O–H groups in total. The molecule has 0 unspecified atom stereocenters. The molecule has 3 rings (SSSR count). The number of likely N-dealkylation sites (N-methyl/N-ethyl adjacent to an activating group) is 1. The predicted octanol–water partition coefficient (Wildman–Crippen LogP) is 3.17. The van der Waals surface area contributed by atoms with Crippen molar-refractivity contribution in [3.63, 3.8) is 0 Å². The maximum Gasteiger partial charge on any atom is 0.329 e. The van der Waals surface area contributed by atoms with Crippen LogP contribution in [0, 0.1) is 0 Å². The first-order chi connectivity index (χ1) is 10.8. The highest BCUT2D eigenvalue weighted by molar-refractivity contribution is 8.00. The standard InChI is InChI=1S/C17H23N3OS/c1-18-9-4-10-22-20-17(21)19-16-14-7-2-5-12(14)11-13-6-3-8-15(13)16/h4,10-11,18H,2-3,5-9H2,1H3,(H2,19,20,21)/b10-4+. The van der Waals surface area contributed by atoms with Gasteiger partial charge in [-0.15, -0.1) is 0 Å². The second-order valence-electron chi connectivity index (χ2n) is 5.84. The lowest BCUT2D eigenvalue weighted by Gasteiger charge is -2.16. The molecular weight excluding hydrogens is 294 g/mol. The molecule has 2 aliphatic carbocycles. The van der Waals surface area contributed by atoms with Gasteiger partial charge in [0.15, 0.2) is 0 Å². The van der Waals surface area contributed by atoms with Crippen molar-refractivity contribution < 1.29 is 4.79 Å². The van der Waals surface area contributed by atoms with Crippen molar-refractivity contribution in [3.8, 4) is 0 Å². The van der Waals surface area contributed by atoms with Gasteiger partial charge in [0, 0.05) is 12.2 Å². The maximum absolute atomic E-state index is 12.2. The molecular formula is C17H23N3OS. The summed E-state index contributed by atoms with van der Waals surface area (Å²) in [6, 6.07) is 2.25. The van der Waals surface area contributed by atoms with E-state index >= 15 is 0 Å². The van der Waals surface area contributed by atoms with E-state index < -0.39 is 0 Å². The number of urea groups is 1. The molecule has 118 valence electrons. The van der Waals surface area contributed by atoms with Gasteiger partial charge < -0.3 is 10.6 Å². The molecule has 0 saturated carbocycles. The molecule has 5 heteroatoms. The number of rotatable bonds is 5. The fourth-order valence-electron chi connectivity index (χ4n) is 3.41. The molecule has 22 heavy (non-hydrogen) atoms. The Labute approximate surface area is 136 Å². The van der Waals surface area contributed by atoms with Crippen molar-refractivity contribution >= 4 is 23.7 Å². The van der Waals surface area contributed by atoms with Crippen LogP contribution in [0.5, 0.6) is 0 Å². The van der Waals surface area contributed by atoms with E-state index in [1.165, 1.54) is 47.0 Å². The number of aryl methyl sites for hydroxylation is 2. The molecule has 2 aliphatic rings. The van der Waals surface area contributed by atoms with Crippen LogP contribution in [0.15, 0.2) is 17.6 Å². The van der Waals surface area contributed by atoms with E-state index in [0.717, 1.165) is 37.9 Å². The van der Waals surface area contributed by atoms with Gasteiger partial charge in [-0.1, -0.05) is 12.1 Å². The number of fused-ring (bicyclic) bond motifs is 2. The quantitative estimate of drug-likeness (QED) is 0.731. The third kappa shape index (κ3) is 3.31. The van der Waals surface area contributed by atoms with Crippen LogP contribution in [0.1, 0.15) is 35.1 Å². The van der Waals surface area contributed by atoms with Gasteiger partial charge in [0.25, 0.3) is 0 Å². The molecule has 0 fully saturated rings. The summed E-state index contributed by atoms with van der Waals surface area (Å²) in [6.07, 6.45) is 8.87. The van der Waals surface area contributed by atoms with Crippen LogP contribution in [0.2, 0.25) is 0 Å². The lowest BCUT2D eigenvalue weighted by atomic mass is 9.99. The molecule has 4 nitrogen and oxygen atoms in total. The molecule has 0 radical (unpaired) electrons. The fraction of sp³-hybridized carbons (Fsp3) is 0.471. The summed E-state index contributed by atoms with van der Waals surface area (Å²) in [5, 5.41) is 8.02. The van der Waals surface area contributed by atoms with E-state index in [9.17, 15) is 4.79 Å². The first kappa shape index (κ1) is 15.4. The lowest BCUT2D eigenvalue weighted by molar-refractivity contribution is 0.257. The van der Waals surface area contributed by atoms with Crippen LogP contribution in [-0.4, -0.2) is 19.6 Å². The van der Waals surface area contributed by atoms with Gasteiger partial charge in [0.1, 0.15) is 0 Å². The van der Waals surface area contributed by atoms with Crippen molar-refractivity contribution in [1.29, 1.82) is 0 Å².